The van der Waals surface area contributed by atoms with Gasteiger partial charge in [-0.1, -0.05) is 25.2 Å². The Morgan fingerprint density at radius 1 is 1.22 bits per heavy atom. The number of aromatic nitrogens is 3. The van der Waals surface area contributed by atoms with E-state index in [2.05, 4.69) is 40.4 Å². The highest BCUT2D eigenvalue weighted by Crippen LogP contribution is 2.28. The van der Waals surface area contributed by atoms with E-state index < -0.39 is 0 Å². The Kier molecular flexibility index (Phi) is 3.91. The van der Waals surface area contributed by atoms with Crippen LogP contribution in [-0.4, -0.2) is 21.7 Å². The van der Waals surface area contributed by atoms with Crippen molar-refractivity contribution < 1.29 is 0 Å². The van der Waals surface area contributed by atoms with Gasteiger partial charge in [-0.3, -0.25) is 4.98 Å². The monoisotopic (exact) mass is 262 g/mol. The number of rotatable bonds is 4. The first kappa shape index (κ1) is 13.0. The Balaban J connectivity index is 2.18. The molecule has 0 bridgehead atoms. The van der Waals surface area contributed by atoms with E-state index >= 15 is 0 Å². The topological polar surface area (TPSA) is 50.7 Å². The molecule has 0 unspecified atom stereocenters. The van der Waals surface area contributed by atoms with E-state index in [0.29, 0.717) is 5.92 Å². The van der Waals surface area contributed by atoms with Crippen LogP contribution < -0.4 is 5.32 Å². The highest BCUT2D eigenvalue weighted by Gasteiger charge is 2.10. The van der Waals surface area contributed by atoms with E-state index in [4.69, 9.17) is 0 Å². The highest BCUT2D eigenvalue weighted by atomic mass is 32.1. The third-order valence-electron chi connectivity index (χ3n) is 2.54. The maximum absolute atomic E-state index is 4.45. The number of nitrogens with one attached hydrogen (secondary N) is 1. The van der Waals surface area contributed by atoms with Gasteiger partial charge in [0.15, 0.2) is 5.01 Å². The molecule has 0 aliphatic carbocycles. The molecular weight excluding hydrogens is 244 g/mol. The van der Waals surface area contributed by atoms with Crippen molar-refractivity contribution in [3.63, 3.8) is 0 Å². The van der Waals surface area contributed by atoms with Gasteiger partial charge in [0.1, 0.15) is 0 Å². The number of hydrogen-bond acceptors (Lipinski definition) is 5. The molecule has 1 N–H and O–H groups in total. The summed E-state index contributed by atoms with van der Waals surface area (Å²) in [7, 11) is 0. The van der Waals surface area contributed by atoms with Crippen molar-refractivity contribution in [2.75, 3.05) is 11.9 Å². The minimum Gasteiger partial charge on any atom is -0.360 e. The van der Waals surface area contributed by atoms with Crippen molar-refractivity contribution in [1.82, 2.24) is 15.2 Å². The Morgan fingerprint density at radius 2 is 2.00 bits per heavy atom. The maximum Gasteiger partial charge on any atom is 0.206 e. The van der Waals surface area contributed by atoms with E-state index in [1.54, 1.807) is 11.3 Å². The summed E-state index contributed by atoms with van der Waals surface area (Å²) in [4.78, 5) is 4.45. The van der Waals surface area contributed by atoms with Gasteiger partial charge in [-0.15, -0.1) is 10.2 Å². The third kappa shape index (κ3) is 3.04. The van der Waals surface area contributed by atoms with Crippen LogP contribution in [0.25, 0.3) is 10.6 Å². The van der Waals surface area contributed by atoms with Gasteiger partial charge in [-0.05, 0) is 31.9 Å². The van der Waals surface area contributed by atoms with Gasteiger partial charge in [-0.25, -0.2) is 0 Å². The fraction of sp³-hybridized carbons (Fsp3) is 0.462. The predicted octanol–water partition coefficient (Wildman–Crippen LogP) is 3.28. The first-order valence-electron chi connectivity index (χ1n) is 6.08. The summed E-state index contributed by atoms with van der Waals surface area (Å²) in [6.45, 7) is 9.25. The molecule has 0 atom stereocenters. The molecule has 0 fully saturated rings. The van der Waals surface area contributed by atoms with Crippen molar-refractivity contribution >= 4 is 16.5 Å². The van der Waals surface area contributed by atoms with Gasteiger partial charge in [0, 0.05) is 23.5 Å². The summed E-state index contributed by atoms with van der Waals surface area (Å²) in [5.41, 5.74) is 3.09. The van der Waals surface area contributed by atoms with Gasteiger partial charge >= 0.3 is 0 Å². The Hall–Kier alpha value is -1.49. The first-order valence-corrected chi connectivity index (χ1v) is 6.90. The molecule has 96 valence electrons. The van der Waals surface area contributed by atoms with Crippen molar-refractivity contribution in [1.29, 1.82) is 0 Å². The Bertz CT molecular complexity index is 534. The first-order chi connectivity index (χ1) is 8.56. The Labute approximate surface area is 111 Å². The molecule has 2 heterocycles. The van der Waals surface area contributed by atoms with E-state index in [1.165, 1.54) is 0 Å². The molecule has 5 heteroatoms. The number of aryl methyl sites for hydroxylation is 2. The lowest BCUT2D eigenvalue weighted by Crippen LogP contribution is -2.07. The second-order valence-electron chi connectivity index (χ2n) is 4.77. The van der Waals surface area contributed by atoms with Crippen molar-refractivity contribution in [2.45, 2.75) is 27.7 Å². The lowest BCUT2D eigenvalue weighted by molar-refractivity contribution is 0.687. The summed E-state index contributed by atoms with van der Waals surface area (Å²) in [5, 5.41) is 13.5. The lowest BCUT2D eigenvalue weighted by atomic mass is 10.2. The largest absolute Gasteiger partial charge is 0.360 e. The van der Waals surface area contributed by atoms with E-state index in [-0.39, 0.29) is 0 Å². The zero-order chi connectivity index (χ0) is 13.1. The molecule has 0 saturated carbocycles. The standard InChI is InChI=1S/C13H18N4S/c1-8(2)7-14-13-17-16-12(18-13)11-6-5-9(3)15-10(11)4/h5-6,8H,7H2,1-4H3,(H,14,17). The van der Waals surface area contributed by atoms with Crippen LogP contribution >= 0.6 is 11.3 Å². The van der Waals surface area contributed by atoms with Gasteiger partial charge < -0.3 is 5.32 Å². The molecule has 4 nitrogen and oxygen atoms in total. The maximum atomic E-state index is 4.45. The molecule has 0 aliphatic rings. The SMILES string of the molecule is Cc1ccc(-c2nnc(NCC(C)C)s2)c(C)n1. The average Bonchev–Trinajstić information content (AvgIpc) is 2.75. The zero-order valence-corrected chi connectivity index (χ0v) is 12.0. The molecule has 2 aromatic rings. The van der Waals surface area contributed by atoms with Crippen LogP contribution in [0, 0.1) is 19.8 Å². The summed E-state index contributed by atoms with van der Waals surface area (Å²) >= 11 is 1.57. The summed E-state index contributed by atoms with van der Waals surface area (Å²) in [6, 6.07) is 4.06. The minimum atomic E-state index is 0.597. The quantitative estimate of drug-likeness (QED) is 0.918. The van der Waals surface area contributed by atoms with Crippen LogP contribution in [0.15, 0.2) is 12.1 Å². The molecule has 0 aliphatic heterocycles. The minimum absolute atomic E-state index is 0.597. The fourth-order valence-corrected chi connectivity index (χ4v) is 2.44. The third-order valence-corrected chi connectivity index (χ3v) is 3.46. The molecule has 0 radical (unpaired) electrons. The number of nitrogens with zero attached hydrogens (tertiary/aromatic N) is 3. The molecule has 2 rings (SSSR count). The van der Waals surface area contributed by atoms with Crippen LogP contribution in [0.4, 0.5) is 5.13 Å². The average molecular weight is 262 g/mol. The molecule has 0 aromatic carbocycles. The number of hydrogen-bond donors (Lipinski definition) is 1. The molecule has 2 aromatic heterocycles. The lowest BCUT2D eigenvalue weighted by Gasteiger charge is -2.04. The van der Waals surface area contributed by atoms with E-state index in [1.807, 2.05) is 19.9 Å². The fourth-order valence-electron chi connectivity index (χ4n) is 1.61. The van der Waals surface area contributed by atoms with Gasteiger partial charge in [0.25, 0.3) is 0 Å². The second kappa shape index (κ2) is 5.44. The number of anilines is 1. The molecular formula is C13H18N4S. The van der Waals surface area contributed by atoms with Gasteiger partial charge in [-0.2, -0.15) is 0 Å². The molecule has 0 amide bonds. The Morgan fingerprint density at radius 3 is 2.67 bits per heavy atom. The smallest absolute Gasteiger partial charge is 0.206 e. The zero-order valence-electron chi connectivity index (χ0n) is 11.2. The van der Waals surface area contributed by atoms with Crippen molar-refractivity contribution in [3.05, 3.63) is 23.5 Å². The molecule has 0 spiro atoms. The van der Waals surface area contributed by atoms with Gasteiger partial charge in [0.05, 0.1) is 0 Å². The van der Waals surface area contributed by atoms with Crippen LogP contribution in [0.1, 0.15) is 25.2 Å². The van der Waals surface area contributed by atoms with Crippen molar-refractivity contribution in [3.8, 4) is 10.6 Å². The second-order valence-corrected chi connectivity index (χ2v) is 5.75. The summed E-state index contributed by atoms with van der Waals surface area (Å²) in [6.07, 6.45) is 0. The predicted molar refractivity (Wildman–Crippen MR) is 75.9 cm³/mol. The number of pyridine rings is 1. The van der Waals surface area contributed by atoms with E-state index in [9.17, 15) is 0 Å². The van der Waals surface area contributed by atoms with Crippen LogP contribution in [0.5, 0.6) is 0 Å². The normalized spacial score (nSPS) is 10.9. The summed E-state index contributed by atoms with van der Waals surface area (Å²) < 4.78 is 0. The van der Waals surface area contributed by atoms with Crippen molar-refractivity contribution in [2.24, 2.45) is 5.92 Å². The molecule has 0 saturated heterocycles. The van der Waals surface area contributed by atoms with Crippen LogP contribution in [0.2, 0.25) is 0 Å². The molecule has 18 heavy (non-hydrogen) atoms. The van der Waals surface area contributed by atoms with Gasteiger partial charge in [0.2, 0.25) is 5.13 Å². The van der Waals surface area contributed by atoms with Crippen LogP contribution in [0.3, 0.4) is 0 Å². The highest BCUT2D eigenvalue weighted by molar-refractivity contribution is 7.18. The van der Waals surface area contributed by atoms with E-state index in [0.717, 1.165) is 33.6 Å². The van der Waals surface area contributed by atoms with Crippen LogP contribution in [-0.2, 0) is 0 Å². The summed E-state index contributed by atoms with van der Waals surface area (Å²) in [5.74, 6) is 0.597.